The highest BCUT2D eigenvalue weighted by molar-refractivity contribution is 5.95. The van der Waals surface area contributed by atoms with Gasteiger partial charge in [0.05, 0.1) is 23.8 Å². The number of nitrogens with zero attached hydrogens (tertiary/aromatic N) is 3. The molecule has 7 heteroatoms. The number of amides is 2. The number of rotatable bonds is 2. The molecular formula is C23H29N3O4. The van der Waals surface area contributed by atoms with Crippen LogP contribution in [0.5, 0.6) is 0 Å². The topological polar surface area (TPSA) is 83.0 Å². The molecule has 160 valence electrons. The van der Waals surface area contributed by atoms with Crippen LogP contribution < -0.4 is 0 Å². The first kappa shape index (κ1) is 20.8. The molecule has 2 aromatic rings. The molecule has 0 bridgehead atoms. The number of likely N-dealkylation sites (tertiary alicyclic amines) is 1. The van der Waals surface area contributed by atoms with Crippen molar-refractivity contribution in [2.24, 2.45) is 0 Å². The lowest BCUT2D eigenvalue weighted by Gasteiger charge is -2.52. The van der Waals surface area contributed by atoms with Crippen molar-refractivity contribution in [2.75, 3.05) is 26.7 Å². The van der Waals surface area contributed by atoms with Gasteiger partial charge in [-0.05, 0) is 38.3 Å². The first-order valence-corrected chi connectivity index (χ1v) is 10.5. The Morgan fingerprint density at radius 1 is 1.20 bits per heavy atom. The van der Waals surface area contributed by atoms with Crippen molar-refractivity contribution in [1.29, 1.82) is 0 Å². The zero-order chi connectivity index (χ0) is 21.5. The maximum absolute atomic E-state index is 13.0. The highest BCUT2D eigenvalue weighted by Gasteiger charge is 2.50. The van der Waals surface area contributed by atoms with Gasteiger partial charge >= 0.3 is 0 Å². The number of carbonyl (C=O) groups excluding carboxylic acids is 2. The number of ether oxygens (including phenoxy) is 1. The van der Waals surface area contributed by atoms with Gasteiger partial charge in [-0.2, -0.15) is 0 Å². The molecule has 0 saturated carbocycles. The predicted molar refractivity (Wildman–Crippen MR) is 113 cm³/mol. The minimum absolute atomic E-state index is 0.0733. The van der Waals surface area contributed by atoms with Crippen molar-refractivity contribution in [1.82, 2.24) is 14.8 Å². The number of carbonyl (C=O) groups is 2. The van der Waals surface area contributed by atoms with Crippen LogP contribution >= 0.6 is 0 Å². The summed E-state index contributed by atoms with van der Waals surface area (Å²) in [5, 5.41) is 11.8. The standard InChI is InChI=1S/C23H29N3O4/c1-16(27)25(3)20-14-23(30-15-22(20,2)29)10-12-26(13-11-23)21(28)19-9-8-17-6-4-5-7-18(17)24-19/h4-9,20,29H,10-15H2,1-3H3/t20-,22-/m0/s1. The SMILES string of the molecule is CC(=O)N(C)[C@H]1CC2(CCN(C(=O)c3ccc4ccccc4n3)CC2)OC[C@]1(C)O. The van der Waals surface area contributed by atoms with Gasteiger partial charge in [0.25, 0.3) is 5.91 Å². The lowest BCUT2D eigenvalue weighted by Crippen LogP contribution is -2.64. The normalized spacial score (nSPS) is 26.0. The molecule has 1 aromatic heterocycles. The third kappa shape index (κ3) is 3.79. The zero-order valence-corrected chi connectivity index (χ0v) is 17.8. The van der Waals surface area contributed by atoms with Crippen LogP contribution in [-0.2, 0) is 9.53 Å². The summed E-state index contributed by atoms with van der Waals surface area (Å²) in [4.78, 5) is 32.9. The number of fused-ring (bicyclic) bond motifs is 1. The van der Waals surface area contributed by atoms with Gasteiger partial charge in [0, 0.05) is 32.4 Å². The number of pyridine rings is 1. The molecule has 0 radical (unpaired) electrons. The lowest BCUT2D eigenvalue weighted by atomic mass is 9.77. The number of hydrogen-bond acceptors (Lipinski definition) is 5. The van der Waals surface area contributed by atoms with Gasteiger partial charge in [-0.15, -0.1) is 0 Å². The highest BCUT2D eigenvalue weighted by atomic mass is 16.5. The van der Waals surface area contributed by atoms with Gasteiger partial charge in [-0.25, -0.2) is 4.98 Å². The van der Waals surface area contributed by atoms with Gasteiger partial charge in [0.15, 0.2) is 0 Å². The van der Waals surface area contributed by atoms with E-state index >= 15 is 0 Å². The highest BCUT2D eigenvalue weighted by Crippen LogP contribution is 2.40. The minimum atomic E-state index is -1.09. The number of likely N-dealkylation sites (N-methyl/N-ethyl adjacent to an activating group) is 1. The van der Waals surface area contributed by atoms with E-state index in [2.05, 4.69) is 4.98 Å². The third-order valence-corrected chi connectivity index (χ3v) is 6.70. The summed E-state index contributed by atoms with van der Waals surface area (Å²) >= 11 is 0. The lowest BCUT2D eigenvalue weighted by molar-refractivity contribution is -0.207. The number of benzene rings is 1. The van der Waals surface area contributed by atoms with Gasteiger partial charge in [-0.3, -0.25) is 9.59 Å². The molecule has 2 atom stereocenters. The maximum Gasteiger partial charge on any atom is 0.272 e. The number of hydrogen-bond donors (Lipinski definition) is 1. The second-order valence-corrected chi connectivity index (χ2v) is 8.86. The van der Waals surface area contributed by atoms with E-state index in [0.29, 0.717) is 38.0 Å². The summed E-state index contributed by atoms with van der Waals surface area (Å²) < 4.78 is 6.13. The van der Waals surface area contributed by atoms with Crippen molar-refractivity contribution in [2.45, 2.75) is 50.4 Å². The van der Waals surface area contributed by atoms with E-state index in [9.17, 15) is 14.7 Å². The molecule has 7 nitrogen and oxygen atoms in total. The van der Waals surface area contributed by atoms with E-state index in [4.69, 9.17) is 4.74 Å². The van der Waals surface area contributed by atoms with Crippen LogP contribution in [0.4, 0.5) is 0 Å². The predicted octanol–water partition coefficient (Wildman–Crippen LogP) is 2.23. The molecule has 1 aromatic carbocycles. The fourth-order valence-corrected chi connectivity index (χ4v) is 4.61. The fourth-order valence-electron chi connectivity index (χ4n) is 4.61. The molecule has 2 aliphatic heterocycles. The van der Waals surface area contributed by atoms with E-state index in [1.807, 2.05) is 35.2 Å². The molecule has 2 amide bonds. The van der Waals surface area contributed by atoms with E-state index < -0.39 is 11.2 Å². The summed E-state index contributed by atoms with van der Waals surface area (Å²) in [6.45, 7) is 4.53. The summed E-state index contributed by atoms with van der Waals surface area (Å²) in [5.74, 6) is -0.150. The molecule has 1 N–H and O–H groups in total. The summed E-state index contributed by atoms with van der Waals surface area (Å²) in [6, 6.07) is 11.1. The van der Waals surface area contributed by atoms with Gasteiger partial charge < -0.3 is 19.6 Å². The minimum Gasteiger partial charge on any atom is -0.386 e. The van der Waals surface area contributed by atoms with Gasteiger partial charge in [0.2, 0.25) is 5.91 Å². The number of aliphatic hydroxyl groups is 1. The molecule has 0 unspecified atom stereocenters. The zero-order valence-electron chi connectivity index (χ0n) is 17.8. The van der Waals surface area contributed by atoms with Crippen LogP contribution in [0, 0.1) is 0 Å². The number of para-hydroxylation sites is 1. The van der Waals surface area contributed by atoms with Crippen LogP contribution in [0.25, 0.3) is 10.9 Å². The molecule has 2 aliphatic rings. The smallest absolute Gasteiger partial charge is 0.272 e. The van der Waals surface area contributed by atoms with Crippen molar-refractivity contribution >= 4 is 22.7 Å². The second-order valence-electron chi connectivity index (χ2n) is 8.86. The molecule has 2 fully saturated rings. The molecule has 3 heterocycles. The van der Waals surface area contributed by atoms with Crippen LogP contribution in [0.2, 0.25) is 0 Å². The first-order valence-electron chi connectivity index (χ1n) is 10.5. The van der Waals surface area contributed by atoms with E-state index in [-0.39, 0.29) is 24.5 Å². The summed E-state index contributed by atoms with van der Waals surface area (Å²) in [5.41, 5.74) is -0.256. The van der Waals surface area contributed by atoms with Crippen LogP contribution in [0.3, 0.4) is 0 Å². The van der Waals surface area contributed by atoms with E-state index in [0.717, 1.165) is 10.9 Å². The van der Waals surface area contributed by atoms with Crippen molar-refractivity contribution < 1.29 is 19.4 Å². The summed E-state index contributed by atoms with van der Waals surface area (Å²) in [7, 11) is 1.73. The van der Waals surface area contributed by atoms with Crippen LogP contribution in [0.15, 0.2) is 36.4 Å². The molecule has 30 heavy (non-hydrogen) atoms. The molecule has 4 rings (SSSR count). The van der Waals surface area contributed by atoms with E-state index in [1.54, 1.807) is 24.9 Å². The average Bonchev–Trinajstić information content (AvgIpc) is 2.75. The first-order chi connectivity index (χ1) is 14.2. The van der Waals surface area contributed by atoms with Crippen LogP contribution in [0.1, 0.15) is 43.6 Å². The molecule has 2 saturated heterocycles. The van der Waals surface area contributed by atoms with Crippen molar-refractivity contribution in [3.05, 3.63) is 42.1 Å². The third-order valence-electron chi connectivity index (χ3n) is 6.70. The number of aromatic nitrogens is 1. The van der Waals surface area contributed by atoms with Crippen molar-refractivity contribution in [3.63, 3.8) is 0 Å². The Morgan fingerprint density at radius 2 is 1.90 bits per heavy atom. The number of piperidine rings is 1. The Morgan fingerprint density at radius 3 is 2.60 bits per heavy atom. The maximum atomic E-state index is 13.0. The molecule has 0 aliphatic carbocycles. The Labute approximate surface area is 176 Å². The molecule has 1 spiro atoms. The monoisotopic (exact) mass is 411 g/mol. The van der Waals surface area contributed by atoms with Crippen LogP contribution in [-0.4, -0.2) is 75.7 Å². The summed E-state index contributed by atoms with van der Waals surface area (Å²) in [6.07, 6.45) is 1.90. The average molecular weight is 412 g/mol. The fraction of sp³-hybridized carbons (Fsp3) is 0.522. The Kier molecular flexibility index (Phi) is 5.28. The van der Waals surface area contributed by atoms with Gasteiger partial charge in [0.1, 0.15) is 11.3 Å². The largest absolute Gasteiger partial charge is 0.386 e. The molecular weight excluding hydrogens is 382 g/mol. The quantitative estimate of drug-likeness (QED) is 0.819. The Bertz CT molecular complexity index is 966. The van der Waals surface area contributed by atoms with Gasteiger partial charge in [-0.1, -0.05) is 24.3 Å². The Balaban J connectivity index is 1.46. The second kappa shape index (κ2) is 7.63. The van der Waals surface area contributed by atoms with E-state index in [1.165, 1.54) is 6.92 Å². The Hall–Kier alpha value is -2.51. The van der Waals surface area contributed by atoms with Crippen molar-refractivity contribution in [3.8, 4) is 0 Å².